The van der Waals surface area contributed by atoms with Crippen LogP contribution in [0, 0.1) is 0 Å². The molecule has 0 radical (unpaired) electrons. The van der Waals surface area contributed by atoms with Crippen molar-refractivity contribution >= 4 is 22.6 Å². The van der Waals surface area contributed by atoms with Gasteiger partial charge in [-0.25, -0.2) is 0 Å². The maximum atomic E-state index is 11.7. The van der Waals surface area contributed by atoms with Crippen molar-refractivity contribution in [1.29, 1.82) is 0 Å². The number of fused-ring (bicyclic) bond motifs is 1. The van der Waals surface area contributed by atoms with E-state index < -0.39 is 0 Å². The number of hydrogen-bond donors (Lipinski definition) is 0. The summed E-state index contributed by atoms with van der Waals surface area (Å²) >= 11 is 6.14. The van der Waals surface area contributed by atoms with E-state index in [0.717, 1.165) is 0 Å². The Morgan fingerprint density at radius 2 is 2.20 bits per heavy atom. The molecule has 0 aliphatic heterocycles. The van der Waals surface area contributed by atoms with Crippen LogP contribution in [-0.2, 0) is 11.8 Å². The summed E-state index contributed by atoms with van der Waals surface area (Å²) in [4.78, 5) is 16.0. The Labute approximate surface area is 122 Å². The lowest BCUT2D eigenvalue weighted by molar-refractivity contribution is 0.0405. The minimum absolute atomic E-state index is 0.0555. The lowest BCUT2D eigenvalue weighted by atomic mass is 10.3. The maximum Gasteiger partial charge on any atom is 0.250 e. The molecule has 2 aromatic rings. The van der Waals surface area contributed by atoms with Gasteiger partial charge in [-0.05, 0) is 19.9 Å². The summed E-state index contributed by atoms with van der Waals surface area (Å²) < 4.78 is 12.6. The molecule has 20 heavy (non-hydrogen) atoms. The third-order valence-corrected chi connectivity index (χ3v) is 3.22. The second-order valence-corrected chi connectivity index (χ2v) is 4.88. The van der Waals surface area contributed by atoms with E-state index in [9.17, 15) is 4.79 Å². The molecular weight excluding hydrogens is 280 g/mol. The fourth-order valence-corrected chi connectivity index (χ4v) is 2.16. The number of nitrogens with zero attached hydrogens (tertiary/aromatic N) is 2. The monoisotopic (exact) mass is 296 g/mol. The van der Waals surface area contributed by atoms with E-state index in [1.165, 1.54) is 16.8 Å². The molecule has 0 saturated heterocycles. The Morgan fingerprint density at radius 1 is 1.45 bits per heavy atom. The van der Waals surface area contributed by atoms with Crippen LogP contribution in [0.5, 0.6) is 5.75 Å². The summed E-state index contributed by atoms with van der Waals surface area (Å²) in [6, 6.07) is 3.13. The molecule has 6 heteroatoms. The molecule has 0 spiro atoms. The number of pyridine rings is 2. The van der Waals surface area contributed by atoms with Crippen molar-refractivity contribution in [2.45, 2.75) is 20.0 Å². The van der Waals surface area contributed by atoms with Gasteiger partial charge >= 0.3 is 0 Å². The quantitative estimate of drug-likeness (QED) is 0.850. The van der Waals surface area contributed by atoms with Gasteiger partial charge in [0.1, 0.15) is 17.1 Å². The van der Waals surface area contributed by atoms with Gasteiger partial charge in [0.15, 0.2) is 5.75 Å². The molecule has 2 aromatic heterocycles. The SMILES string of the molecule is CCOC(C)COc1c(Cl)cnc2ccc(=O)n(C)c12. The first kappa shape index (κ1) is 14.8. The van der Waals surface area contributed by atoms with Crippen LogP contribution in [0.4, 0.5) is 0 Å². The molecule has 0 saturated carbocycles. The summed E-state index contributed by atoms with van der Waals surface area (Å²) in [5, 5.41) is 0.377. The van der Waals surface area contributed by atoms with Crippen LogP contribution in [-0.4, -0.2) is 28.9 Å². The van der Waals surface area contributed by atoms with Gasteiger partial charge in [0.25, 0.3) is 5.56 Å². The van der Waals surface area contributed by atoms with Crippen molar-refractivity contribution in [3.05, 3.63) is 33.7 Å². The molecule has 2 heterocycles. The molecule has 2 rings (SSSR count). The van der Waals surface area contributed by atoms with Gasteiger partial charge in [-0.2, -0.15) is 0 Å². The first-order valence-corrected chi connectivity index (χ1v) is 6.81. The number of aryl methyl sites for hydroxylation is 1. The van der Waals surface area contributed by atoms with Crippen molar-refractivity contribution in [2.24, 2.45) is 7.05 Å². The maximum absolute atomic E-state index is 11.7. The molecule has 0 amide bonds. The van der Waals surface area contributed by atoms with Crippen LogP contribution in [0.3, 0.4) is 0 Å². The van der Waals surface area contributed by atoms with E-state index in [2.05, 4.69) is 4.98 Å². The summed E-state index contributed by atoms with van der Waals surface area (Å²) in [7, 11) is 1.67. The largest absolute Gasteiger partial charge is 0.487 e. The molecule has 1 unspecified atom stereocenters. The molecule has 5 nitrogen and oxygen atoms in total. The normalized spacial score (nSPS) is 12.6. The smallest absolute Gasteiger partial charge is 0.250 e. The topological polar surface area (TPSA) is 53.4 Å². The summed E-state index contributed by atoms with van der Waals surface area (Å²) in [5.41, 5.74) is 1.12. The summed E-state index contributed by atoms with van der Waals surface area (Å²) in [6.45, 7) is 4.82. The van der Waals surface area contributed by atoms with E-state index in [-0.39, 0.29) is 11.7 Å². The van der Waals surface area contributed by atoms with Crippen molar-refractivity contribution in [2.75, 3.05) is 13.2 Å². The highest BCUT2D eigenvalue weighted by molar-refractivity contribution is 6.32. The van der Waals surface area contributed by atoms with E-state index in [4.69, 9.17) is 21.1 Å². The number of halogens is 1. The molecule has 108 valence electrons. The highest BCUT2D eigenvalue weighted by Gasteiger charge is 2.13. The van der Waals surface area contributed by atoms with Crippen molar-refractivity contribution in [1.82, 2.24) is 9.55 Å². The van der Waals surface area contributed by atoms with Crippen LogP contribution in [0.25, 0.3) is 11.0 Å². The van der Waals surface area contributed by atoms with Gasteiger partial charge in [-0.15, -0.1) is 0 Å². The highest BCUT2D eigenvalue weighted by Crippen LogP contribution is 2.31. The number of rotatable bonds is 5. The Morgan fingerprint density at radius 3 is 2.90 bits per heavy atom. The first-order chi connectivity index (χ1) is 9.54. The lowest BCUT2D eigenvalue weighted by Gasteiger charge is -2.16. The second kappa shape index (κ2) is 6.24. The van der Waals surface area contributed by atoms with E-state index in [1.54, 1.807) is 13.1 Å². The molecule has 0 bridgehead atoms. The van der Waals surface area contributed by atoms with E-state index in [0.29, 0.717) is 35.0 Å². The first-order valence-electron chi connectivity index (χ1n) is 6.43. The Balaban J connectivity index is 2.43. The van der Waals surface area contributed by atoms with Crippen LogP contribution in [0.1, 0.15) is 13.8 Å². The number of hydrogen-bond acceptors (Lipinski definition) is 4. The summed E-state index contributed by atoms with van der Waals surface area (Å²) in [6.07, 6.45) is 1.47. The zero-order chi connectivity index (χ0) is 14.7. The van der Waals surface area contributed by atoms with Gasteiger partial charge in [-0.1, -0.05) is 11.6 Å². The Hall–Kier alpha value is -1.59. The van der Waals surface area contributed by atoms with Crippen LogP contribution in [0.2, 0.25) is 5.02 Å². The van der Waals surface area contributed by atoms with Gasteiger partial charge in [0.05, 0.1) is 17.8 Å². The van der Waals surface area contributed by atoms with Gasteiger partial charge in [-0.3, -0.25) is 9.78 Å². The van der Waals surface area contributed by atoms with Crippen LogP contribution >= 0.6 is 11.6 Å². The standard InChI is InChI=1S/C14H17ClN2O3/c1-4-19-9(2)8-20-14-10(15)7-16-11-5-6-12(18)17(3)13(11)14/h5-7,9H,4,8H2,1-3H3. The van der Waals surface area contributed by atoms with Gasteiger partial charge in [0.2, 0.25) is 0 Å². The fourth-order valence-electron chi connectivity index (χ4n) is 1.96. The zero-order valence-corrected chi connectivity index (χ0v) is 12.5. The minimum atomic E-state index is -0.135. The molecule has 1 atom stereocenters. The van der Waals surface area contributed by atoms with Crippen molar-refractivity contribution in [3.8, 4) is 5.75 Å². The number of aromatic nitrogens is 2. The minimum Gasteiger partial charge on any atom is -0.487 e. The predicted molar refractivity (Wildman–Crippen MR) is 78.6 cm³/mol. The van der Waals surface area contributed by atoms with Gasteiger partial charge < -0.3 is 14.0 Å². The van der Waals surface area contributed by atoms with E-state index >= 15 is 0 Å². The molecule has 0 fully saturated rings. The third kappa shape index (κ3) is 2.94. The lowest BCUT2D eigenvalue weighted by Crippen LogP contribution is -2.20. The molecule has 0 N–H and O–H groups in total. The Kier molecular flexibility index (Phi) is 4.62. The Bertz CT molecular complexity index is 669. The highest BCUT2D eigenvalue weighted by atomic mass is 35.5. The van der Waals surface area contributed by atoms with Crippen LogP contribution in [0.15, 0.2) is 23.1 Å². The van der Waals surface area contributed by atoms with Crippen molar-refractivity contribution < 1.29 is 9.47 Å². The predicted octanol–water partition coefficient (Wildman–Crippen LogP) is 2.39. The molecule has 0 aromatic carbocycles. The fraction of sp³-hybridized carbons (Fsp3) is 0.429. The molecule has 0 aliphatic carbocycles. The van der Waals surface area contributed by atoms with Crippen LogP contribution < -0.4 is 10.3 Å². The molecule has 0 aliphatic rings. The van der Waals surface area contributed by atoms with E-state index in [1.807, 2.05) is 13.8 Å². The molecular formula is C14H17ClN2O3. The summed E-state index contributed by atoms with van der Waals surface area (Å²) in [5.74, 6) is 0.461. The zero-order valence-electron chi connectivity index (χ0n) is 11.7. The average molecular weight is 297 g/mol. The number of ether oxygens (including phenoxy) is 2. The third-order valence-electron chi connectivity index (χ3n) is 2.95. The van der Waals surface area contributed by atoms with Gasteiger partial charge in [0, 0.05) is 19.7 Å². The second-order valence-electron chi connectivity index (χ2n) is 4.48. The average Bonchev–Trinajstić information content (AvgIpc) is 2.42. The van der Waals surface area contributed by atoms with Crippen molar-refractivity contribution in [3.63, 3.8) is 0 Å².